The molecular formula is C91H128ClN11O3SSi. The number of aryl methyl sites for hydroxylation is 3. The SMILES string of the molecule is CC(C)(C)c1cc2ccccc2[nH]1.CC(C)Cn1cc(C(C)C)cn1.CC(C)c1cc2c(Cl)cccc2n1C.CC(C)c1cc2c(s1)CCN(C(=O)OC(C)(C)C)C2.CC(C)c1cc2ccc(C#N)cc2n1C.CC(C)c1cnc2c(c1)ncn2COCC[Si](C)(C)C.CCCn1c(C(C)C)cc2ccccc21. The average Bonchev–Trinajstić information content (AvgIpc) is 1.65. The normalized spacial score (nSPS) is 12.4. The summed E-state index contributed by atoms with van der Waals surface area (Å²) in [6.45, 7) is 57.5. The van der Waals surface area contributed by atoms with E-state index < -0.39 is 13.7 Å². The number of fused-ring (bicyclic) bond motifs is 6. The molecule has 1 amide bonds. The molecule has 0 saturated carbocycles. The smallest absolute Gasteiger partial charge is 0.410 e. The van der Waals surface area contributed by atoms with Gasteiger partial charge in [-0.05, 0) is 187 Å². The number of H-pyrrole nitrogens is 1. The Morgan fingerprint density at radius 2 is 1.30 bits per heavy atom. The predicted octanol–water partition coefficient (Wildman–Crippen LogP) is 25.5. The Hall–Kier alpha value is -8.20. The molecule has 582 valence electrons. The Kier molecular flexibility index (Phi) is 31.4. The molecule has 1 aliphatic heterocycles. The first kappa shape index (κ1) is 87.0. The zero-order valence-corrected chi connectivity index (χ0v) is 72.8. The lowest BCUT2D eigenvalue weighted by Crippen LogP contribution is -2.39. The van der Waals surface area contributed by atoms with Crippen LogP contribution in [-0.2, 0) is 61.8 Å². The van der Waals surface area contributed by atoms with Crippen LogP contribution in [0, 0.1) is 17.2 Å². The second-order valence-electron chi connectivity index (χ2n) is 34.4. The molecule has 0 atom stereocenters. The number of ether oxygens (including phenoxy) is 2. The van der Waals surface area contributed by atoms with E-state index in [2.05, 4.69) is 295 Å². The van der Waals surface area contributed by atoms with Crippen molar-refractivity contribution in [3.05, 3.63) is 206 Å². The number of pyridine rings is 1. The molecule has 14 nitrogen and oxygen atoms in total. The number of aromatic amines is 1. The van der Waals surface area contributed by atoms with E-state index in [0.29, 0.717) is 54.7 Å². The Morgan fingerprint density at radius 1 is 0.676 bits per heavy atom. The van der Waals surface area contributed by atoms with Crippen molar-refractivity contribution in [3.8, 4) is 6.07 Å². The fourth-order valence-electron chi connectivity index (χ4n) is 12.7. The summed E-state index contributed by atoms with van der Waals surface area (Å²) in [6.07, 6.45) is 9.81. The number of amides is 1. The number of thiophene rings is 1. The molecule has 0 aliphatic carbocycles. The molecule has 0 spiro atoms. The van der Waals surface area contributed by atoms with E-state index in [4.69, 9.17) is 26.3 Å². The molecule has 0 fully saturated rings. The summed E-state index contributed by atoms with van der Waals surface area (Å²) in [6, 6.07) is 45.6. The third-order valence-corrected chi connectivity index (χ3v) is 22.6. The summed E-state index contributed by atoms with van der Waals surface area (Å²) in [5, 5.41) is 19.0. The topological polar surface area (TPSA) is 142 Å². The monoisotopic (exact) mass is 1520 g/mol. The number of hydrogen-bond acceptors (Lipinski definition) is 8. The molecule has 9 heterocycles. The van der Waals surface area contributed by atoms with Crippen LogP contribution < -0.4 is 0 Å². The lowest BCUT2D eigenvalue weighted by atomic mass is 9.92. The summed E-state index contributed by atoms with van der Waals surface area (Å²) < 4.78 is 22.0. The molecule has 8 aromatic heterocycles. The van der Waals surface area contributed by atoms with Crippen LogP contribution in [0.25, 0.3) is 54.8 Å². The number of nitrogens with one attached hydrogen (secondary N) is 1. The lowest BCUT2D eigenvalue weighted by Gasteiger charge is -2.29. The van der Waals surface area contributed by atoms with Gasteiger partial charge in [0, 0.05) is 131 Å². The number of nitriles is 1. The van der Waals surface area contributed by atoms with E-state index in [0.717, 1.165) is 65.3 Å². The number of halogens is 1. The van der Waals surface area contributed by atoms with Crippen LogP contribution in [0.15, 0.2) is 146 Å². The van der Waals surface area contributed by atoms with Crippen molar-refractivity contribution in [2.45, 2.75) is 257 Å². The van der Waals surface area contributed by atoms with Crippen LogP contribution in [0.1, 0.15) is 242 Å². The number of imidazole rings is 1. The van der Waals surface area contributed by atoms with Crippen molar-refractivity contribution in [3.63, 3.8) is 0 Å². The van der Waals surface area contributed by atoms with Crippen LogP contribution >= 0.6 is 22.9 Å². The van der Waals surface area contributed by atoms with Crippen molar-refractivity contribution < 1.29 is 14.3 Å². The first-order valence-corrected chi connectivity index (χ1v) is 44.1. The third kappa shape index (κ3) is 24.7. The van der Waals surface area contributed by atoms with Gasteiger partial charge in [-0.25, -0.2) is 14.8 Å². The minimum absolute atomic E-state index is 0.199. The quantitative estimate of drug-likeness (QED) is 0.0795. The zero-order valence-electron chi connectivity index (χ0n) is 70.2. The van der Waals surface area contributed by atoms with Gasteiger partial charge in [0.25, 0.3) is 0 Å². The molecule has 0 unspecified atom stereocenters. The van der Waals surface area contributed by atoms with Crippen molar-refractivity contribution in [1.29, 1.82) is 5.26 Å². The second kappa shape index (κ2) is 38.9. The first-order chi connectivity index (χ1) is 50.8. The molecule has 1 N–H and O–H groups in total. The lowest BCUT2D eigenvalue weighted by molar-refractivity contribution is 0.0225. The van der Waals surface area contributed by atoms with Crippen molar-refractivity contribution >= 4 is 91.9 Å². The third-order valence-electron chi connectivity index (χ3n) is 19.0. The molecular weight excluding hydrogens is 1390 g/mol. The summed E-state index contributed by atoms with van der Waals surface area (Å²) >= 11 is 8.03. The molecule has 0 radical (unpaired) electrons. The number of para-hydroxylation sites is 2. The maximum atomic E-state index is 12.1. The van der Waals surface area contributed by atoms with Gasteiger partial charge in [-0.15, -0.1) is 11.3 Å². The van der Waals surface area contributed by atoms with Gasteiger partial charge in [-0.2, -0.15) is 10.4 Å². The molecule has 17 heteroatoms. The van der Waals surface area contributed by atoms with Crippen molar-refractivity contribution in [2.24, 2.45) is 20.0 Å². The van der Waals surface area contributed by atoms with Crippen molar-refractivity contribution in [2.75, 3.05) is 13.2 Å². The van der Waals surface area contributed by atoms with Crippen molar-refractivity contribution in [1.82, 2.24) is 47.9 Å². The molecule has 1 aliphatic rings. The van der Waals surface area contributed by atoms with E-state index in [1.165, 1.54) is 94.4 Å². The van der Waals surface area contributed by atoms with Crippen LogP contribution in [0.3, 0.4) is 0 Å². The number of carbonyl (C=O) groups excluding carboxylic acids is 1. The van der Waals surface area contributed by atoms with E-state index in [-0.39, 0.29) is 11.5 Å². The van der Waals surface area contributed by atoms with Gasteiger partial charge < -0.3 is 33.1 Å². The predicted molar refractivity (Wildman–Crippen MR) is 463 cm³/mol. The Balaban J connectivity index is 0.000000177. The maximum absolute atomic E-state index is 12.1. The highest BCUT2D eigenvalue weighted by Gasteiger charge is 2.28. The minimum Gasteiger partial charge on any atom is -0.444 e. The zero-order chi connectivity index (χ0) is 79.7. The molecule has 4 aromatic carbocycles. The Labute approximate surface area is 657 Å². The summed E-state index contributed by atoms with van der Waals surface area (Å²) in [5.74, 6) is 3.94. The van der Waals surface area contributed by atoms with Crippen LogP contribution in [0.5, 0.6) is 0 Å². The van der Waals surface area contributed by atoms with Gasteiger partial charge in [0.15, 0.2) is 5.65 Å². The van der Waals surface area contributed by atoms with E-state index in [1.807, 2.05) is 95.3 Å². The Bertz CT molecular complexity index is 4830. The number of benzene rings is 4. The van der Waals surface area contributed by atoms with Gasteiger partial charge in [0.05, 0.1) is 30.7 Å². The summed E-state index contributed by atoms with van der Waals surface area (Å²) in [4.78, 5) is 29.1. The number of rotatable bonds is 15. The Morgan fingerprint density at radius 3 is 1.88 bits per heavy atom. The van der Waals surface area contributed by atoms with E-state index in [9.17, 15) is 4.79 Å². The molecule has 0 bridgehead atoms. The summed E-state index contributed by atoms with van der Waals surface area (Å²) in [7, 11) is 3.13. The van der Waals surface area contributed by atoms with E-state index in [1.54, 1.807) is 0 Å². The van der Waals surface area contributed by atoms with E-state index >= 15 is 0 Å². The highest BCUT2D eigenvalue weighted by molar-refractivity contribution is 7.12. The highest BCUT2D eigenvalue weighted by Crippen LogP contribution is 2.35. The van der Waals surface area contributed by atoms with Crippen LogP contribution in [-0.4, -0.2) is 80.8 Å². The fourth-order valence-corrected chi connectivity index (χ4v) is 14.9. The molecule has 13 rings (SSSR count). The molecule has 12 aromatic rings. The summed E-state index contributed by atoms with van der Waals surface area (Å²) in [5.41, 5.74) is 16.6. The van der Waals surface area contributed by atoms with Gasteiger partial charge in [0.1, 0.15) is 17.8 Å². The van der Waals surface area contributed by atoms with Crippen LogP contribution in [0.2, 0.25) is 30.7 Å². The number of aromatic nitrogens is 9. The van der Waals surface area contributed by atoms with Crippen LogP contribution in [0.4, 0.5) is 4.79 Å². The molecule has 108 heavy (non-hydrogen) atoms. The fraction of sp³-hybridized carbons (Fsp3) is 0.484. The number of hydrogen-bond donors (Lipinski definition) is 1. The first-order valence-electron chi connectivity index (χ1n) is 39.2. The minimum atomic E-state index is -1.02. The highest BCUT2D eigenvalue weighted by atomic mass is 35.5. The standard InChI is InChI=1S/C15H25N3OSi.C15H23NO2S.C14H19N.C13H14N2.C12H14ClN.C12H15N.C10H18N2/c1-12(2)13-8-14-15(16-9-13)18(10-17-14)11-19-6-7-20(3,4)5;1-10(2)13-8-11-9-16(7-6-12(11)19-13)14(17)18-15(3,4)5;1-4-9-15-13-8-6-5-7-12(13)10-14(15)11(2)3;1-9(2)12-7-11-5-4-10(8-14)6-13(11)15(12)3;1-8(2)12-7-9-10(13)5-4-6-11(9)14(12)3;1-12(2,3)11-8-9-6-4-5-7-10(9)13-11;1-8(2)6-12-7-10(5-11-12)9(3)4/h8-10,12H,6-7,11H2,1-5H3;8,10H,6-7,9H2,1-5H3;5-8,10-11H,4,9H2,1-3H3;4-7,9H,1-3H3;4-8H,1-3H3;4-8,13H,1-3H3;5,7-9H,6H2,1-4H3. The van der Waals surface area contributed by atoms with Gasteiger partial charge >= 0.3 is 6.09 Å². The second-order valence-corrected chi connectivity index (χ2v) is 41.6. The maximum Gasteiger partial charge on any atom is 0.410 e. The number of nitrogens with zero attached hydrogens (tertiary/aromatic N) is 10. The van der Waals surface area contributed by atoms with Gasteiger partial charge in [0.2, 0.25) is 0 Å². The number of carbonyl (C=O) groups is 1. The van der Waals surface area contributed by atoms with Gasteiger partial charge in [-0.3, -0.25) is 9.25 Å². The molecule has 0 saturated heterocycles. The van der Waals surface area contributed by atoms with Gasteiger partial charge in [-0.1, -0.05) is 204 Å². The average molecular weight is 1520 g/mol. The largest absolute Gasteiger partial charge is 0.444 e.